The van der Waals surface area contributed by atoms with Gasteiger partial charge in [-0.2, -0.15) is 13.2 Å². The van der Waals surface area contributed by atoms with Gasteiger partial charge >= 0.3 is 6.18 Å². The first kappa shape index (κ1) is 17.7. The lowest BCUT2D eigenvalue weighted by atomic mass is 10.0. The van der Waals surface area contributed by atoms with E-state index in [9.17, 15) is 26.7 Å². The number of hydrogen-bond donors (Lipinski definition) is 1. The van der Waals surface area contributed by atoms with Crippen LogP contribution in [0.2, 0.25) is 0 Å². The van der Waals surface area contributed by atoms with Crippen molar-refractivity contribution in [1.29, 1.82) is 0 Å². The quantitative estimate of drug-likeness (QED) is 0.825. The summed E-state index contributed by atoms with van der Waals surface area (Å²) in [6.07, 6.45) is -5.06. The molecule has 7 heteroatoms. The Morgan fingerprint density at radius 1 is 1.04 bits per heavy atom. The largest absolute Gasteiger partial charge is 0.417 e. The van der Waals surface area contributed by atoms with Crippen molar-refractivity contribution < 1.29 is 26.7 Å². The molecule has 2 nitrogen and oxygen atoms in total. The molecular weight excluding hydrogens is 329 g/mol. The molecular formula is C17H12F5NO. The van der Waals surface area contributed by atoms with Gasteiger partial charge in [0.15, 0.2) is 11.6 Å². The molecule has 0 fully saturated rings. The van der Waals surface area contributed by atoms with Crippen LogP contribution < -0.4 is 5.32 Å². The zero-order chi connectivity index (χ0) is 17.9. The molecule has 2 aromatic rings. The van der Waals surface area contributed by atoms with Gasteiger partial charge in [-0.05, 0) is 17.7 Å². The molecule has 0 heterocycles. The van der Waals surface area contributed by atoms with Crippen molar-refractivity contribution in [2.45, 2.75) is 12.6 Å². The number of nitrogens with one attached hydrogen (secondary N) is 1. The van der Waals surface area contributed by atoms with Gasteiger partial charge in [0.1, 0.15) is 0 Å². The molecule has 0 aliphatic rings. The zero-order valence-electron chi connectivity index (χ0n) is 12.3. The van der Waals surface area contributed by atoms with Crippen LogP contribution >= 0.6 is 0 Å². The van der Waals surface area contributed by atoms with Crippen LogP contribution in [0.5, 0.6) is 0 Å². The van der Waals surface area contributed by atoms with Crippen LogP contribution in [0.3, 0.4) is 0 Å². The molecule has 0 bridgehead atoms. The zero-order valence-corrected chi connectivity index (χ0v) is 12.3. The van der Waals surface area contributed by atoms with Crippen molar-refractivity contribution in [2.75, 3.05) is 0 Å². The van der Waals surface area contributed by atoms with Crippen LogP contribution in [0, 0.1) is 11.6 Å². The van der Waals surface area contributed by atoms with Crippen molar-refractivity contribution in [3.8, 4) is 0 Å². The Morgan fingerprint density at radius 2 is 1.67 bits per heavy atom. The van der Waals surface area contributed by atoms with Crippen molar-refractivity contribution in [1.82, 2.24) is 5.32 Å². The second kappa shape index (κ2) is 6.82. The van der Waals surface area contributed by atoms with Gasteiger partial charge in [-0.3, -0.25) is 4.79 Å². The molecule has 0 radical (unpaired) electrons. The highest BCUT2D eigenvalue weighted by Gasteiger charge is 2.36. The van der Waals surface area contributed by atoms with E-state index < -0.39 is 40.5 Å². The average Bonchev–Trinajstić information content (AvgIpc) is 2.49. The number of hydrogen-bond acceptors (Lipinski definition) is 1. The van der Waals surface area contributed by atoms with E-state index in [0.29, 0.717) is 17.7 Å². The summed E-state index contributed by atoms with van der Waals surface area (Å²) >= 11 is 0. The van der Waals surface area contributed by atoms with Crippen LogP contribution in [0.1, 0.15) is 16.7 Å². The van der Waals surface area contributed by atoms with Crippen LogP contribution in [-0.4, -0.2) is 5.91 Å². The lowest BCUT2D eigenvalue weighted by Gasteiger charge is -2.16. The van der Waals surface area contributed by atoms with Crippen LogP contribution in [0.25, 0.3) is 5.70 Å². The number of amides is 1. The summed E-state index contributed by atoms with van der Waals surface area (Å²) in [6, 6.07) is 9.18. The van der Waals surface area contributed by atoms with E-state index in [1.165, 1.54) is 0 Å². The highest BCUT2D eigenvalue weighted by atomic mass is 19.4. The molecule has 0 unspecified atom stereocenters. The third kappa shape index (κ3) is 3.98. The highest BCUT2D eigenvalue weighted by Crippen LogP contribution is 2.36. The maximum atomic E-state index is 13.8. The molecule has 126 valence electrons. The number of alkyl halides is 3. The van der Waals surface area contributed by atoms with Crippen LogP contribution in [0.15, 0.2) is 49.0 Å². The predicted octanol–water partition coefficient (Wildman–Crippen LogP) is 4.31. The Morgan fingerprint density at radius 3 is 2.25 bits per heavy atom. The van der Waals surface area contributed by atoms with Crippen molar-refractivity contribution >= 4 is 11.6 Å². The summed E-state index contributed by atoms with van der Waals surface area (Å²) < 4.78 is 66.0. The first-order chi connectivity index (χ1) is 11.2. The Hall–Kier alpha value is -2.70. The smallest absolute Gasteiger partial charge is 0.326 e. The number of carbonyl (C=O) groups excluding carboxylic acids is 1. The molecule has 2 aromatic carbocycles. The molecule has 0 spiro atoms. The molecule has 1 N–H and O–H groups in total. The van der Waals surface area contributed by atoms with E-state index in [2.05, 4.69) is 11.9 Å². The lowest BCUT2D eigenvalue weighted by molar-refractivity contribution is -0.138. The van der Waals surface area contributed by atoms with Gasteiger partial charge < -0.3 is 5.32 Å². The maximum absolute atomic E-state index is 13.8. The fourth-order valence-corrected chi connectivity index (χ4v) is 2.14. The minimum Gasteiger partial charge on any atom is -0.326 e. The fraction of sp³-hybridized carbons (Fsp3) is 0.118. The molecule has 0 aliphatic carbocycles. The molecule has 2 rings (SSSR count). The van der Waals surface area contributed by atoms with Gasteiger partial charge in [0.25, 0.3) is 0 Å². The Kier molecular flexibility index (Phi) is 5.02. The molecule has 0 atom stereocenters. The van der Waals surface area contributed by atoms with Crippen LogP contribution in [-0.2, 0) is 17.4 Å². The van der Waals surface area contributed by atoms with E-state index in [0.717, 1.165) is 0 Å². The third-order valence-corrected chi connectivity index (χ3v) is 3.20. The predicted molar refractivity (Wildman–Crippen MR) is 78.7 cm³/mol. The summed E-state index contributed by atoms with van der Waals surface area (Å²) in [5.74, 6) is -3.87. The second-order valence-electron chi connectivity index (χ2n) is 4.97. The van der Waals surface area contributed by atoms with Crippen molar-refractivity contribution in [3.63, 3.8) is 0 Å². The van der Waals surface area contributed by atoms with Gasteiger partial charge in [0, 0.05) is 11.3 Å². The standard InChI is InChI=1S/C17H12F5NO/c1-10(23-14(24)9-11-5-3-2-4-6-11)15-12(17(20,21)22)7-8-13(18)16(15)19/h2-8H,1,9H2,(H,23,24). The van der Waals surface area contributed by atoms with E-state index in [4.69, 9.17) is 0 Å². The highest BCUT2D eigenvalue weighted by molar-refractivity contribution is 5.88. The van der Waals surface area contributed by atoms with Crippen LogP contribution in [0.4, 0.5) is 22.0 Å². The van der Waals surface area contributed by atoms with Crippen molar-refractivity contribution in [3.05, 3.63) is 77.4 Å². The summed E-state index contributed by atoms with van der Waals surface area (Å²) in [7, 11) is 0. The maximum Gasteiger partial charge on any atom is 0.417 e. The van der Waals surface area contributed by atoms with Gasteiger partial charge in [0.05, 0.1) is 12.0 Å². The summed E-state index contributed by atoms with van der Waals surface area (Å²) in [5.41, 5.74) is -2.56. The van der Waals surface area contributed by atoms with Gasteiger partial charge in [-0.1, -0.05) is 36.9 Å². The van der Waals surface area contributed by atoms with Gasteiger partial charge in [-0.25, -0.2) is 8.78 Å². The second-order valence-corrected chi connectivity index (χ2v) is 4.97. The first-order valence-corrected chi connectivity index (χ1v) is 6.78. The molecule has 0 aromatic heterocycles. The van der Waals surface area contributed by atoms with Crippen molar-refractivity contribution in [2.24, 2.45) is 0 Å². The Labute approximate surface area is 134 Å². The molecule has 24 heavy (non-hydrogen) atoms. The monoisotopic (exact) mass is 341 g/mol. The number of carbonyl (C=O) groups is 1. The van der Waals surface area contributed by atoms with E-state index >= 15 is 0 Å². The minimum absolute atomic E-state index is 0.141. The fourth-order valence-electron chi connectivity index (χ4n) is 2.14. The van der Waals surface area contributed by atoms with E-state index in [-0.39, 0.29) is 6.42 Å². The summed E-state index contributed by atoms with van der Waals surface area (Å²) in [6.45, 7) is 3.24. The Bertz CT molecular complexity index is 769. The first-order valence-electron chi connectivity index (χ1n) is 6.78. The average molecular weight is 341 g/mol. The van der Waals surface area contributed by atoms with Gasteiger partial charge in [-0.15, -0.1) is 0 Å². The summed E-state index contributed by atoms with van der Waals surface area (Å²) in [5, 5.41) is 2.09. The number of halogens is 5. The number of benzene rings is 2. The molecule has 1 amide bonds. The van der Waals surface area contributed by atoms with E-state index in [1.54, 1.807) is 30.3 Å². The third-order valence-electron chi connectivity index (χ3n) is 3.20. The normalized spacial score (nSPS) is 11.2. The minimum atomic E-state index is -4.92. The Balaban J connectivity index is 2.26. The topological polar surface area (TPSA) is 29.1 Å². The summed E-state index contributed by atoms with van der Waals surface area (Å²) in [4.78, 5) is 11.9. The molecule has 0 aliphatic heterocycles. The number of rotatable bonds is 4. The molecule has 0 saturated carbocycles. The molecule has 0 saturated heterocycles. The SMILES string of the molecule is C=C(NC(=O)Cc1ccccc1)c1c(C(F)(F)F)ccc(F)c1F. The van der Waals surface area contributed by atoms with Gasteiger partial charge in [0.2, 0.25) is 5.91 Å². The lowest BCUT2D eigenvalue weighted by Crippen LogP contribution is -2.25. The van der Waals surface area contributed by atoms with E-state index in [1.807, 2.05) is 0 Å².